The number of aromatic nitrogens is 2. The van der Waals surface area contributed by atoms with Crippen LogP contribution in [0.2, 0.25) is 0 Å². The van der Waals surface area contributed by atoms with E-state index in [1.807, 2.05) is 37.4 Å². The highest BCUT2D eigenvalue weighted by Crippen LogP contribution is 2.29. The normalized spacial score (nSPS) is 12.6. The van der Waals surface area contributed by atoms with Crippen molar-refractivity contribution in [2.45, 2.75) is 24.3 Å². The van der Waals surface area contributed by atoms with Gasteiger partial charge in [0.05, 0.1) is 11.6 Å². The van der Waals surface area contributed by atoms with E-state index in [0.717, 1.165) is 16.9 Å². The van der Waals surface area contributed by atoms with Crippen molar-refractivity contribution < 1.29 is 4.42 Å². The lowest BCUT2D eigenvalue weighted by Crippen LogP contribution is -2.08. The van der Waals surface area contributed by atoms with Gasteiger partial charge in [0.25, 0.3) is 0 Å². The molecule has 0 radical (unpaired) electrons. The molecule has 5 heteroatoms. The number of hydrogen-bond donors (Lipinski definition) is 1. The number of nitrogens with zero attached hydrogens (tertiary/aromatic N) is 2. The van der Waals surface area contributed by atoms with Crippen LogP contribution >= 0.6 is 11.8 Å². The molecule has 2 N–H and O–H groups in total. The lowest BCUT2D eigenvalue weighted by Gasteiger charge is -2.03. The molecular weight excluding hydrogens is 234 g/mol. The van der Waals surface area contributed by atoms with E-state index in [4.69, 9.17) is 10.2 Å². The highest BCUT2D eigenvalue weighted by molar-refractivity contribution is 7.98. The molecule has 0 aliphatic rings. The van der Waals surface area contributed by atoms with Gasteiger partial charge in [0, 0.05) is 4.90 Å². The molecule has 0 aliphatic heterocycles. The molecule has 1 aromatic carbocycles. The fourth-order valence-corrected chi connectivity index (χ4v) is 2.08. The zero-order valence-corrected chi connectivity index (χ0v) is 10.7. The number of hydrogen-bond acceptors (Lipinski definition) is 5. The summed E-state index contributed by atoms with van der Waals surface area (Å²) in [6, 6.07) is 7.77. The van der Waals surface area contributed by atoms with Crippen molar-refractivity contribution in [3.8, 4) is 11.5 Å². The van der Waals surface area contributed by atoms with Gasteiger partial charge in [0.1, 0.15) is 0 Å². The predicted molar refractivity (Wildman–Crippen MR) is 68.7 cm³/mol. The molecule has 2 aromatic rings. The standard InChI is InChI=1S/C12H15N3OS/c1-3-9(13)12-15-14-11(16-12)8-6-4-5-7-10(8)17-2/h4-7,9H,3,13H2,1-2H3. The van der Waals surface area contributed by atoms with Crippen molar-refractivity contribution in [3.05, 3.63) is 30.2 Å². The summed E-state index contributed by atoms with van der Waals surface area (Å²) in [5.41, 5.74) is 6.82. The van der Waals surface area contributed by atoms with E-state index >= 15 is 0 Å². The second kappa shape index (κ2) is 5.33. The molecule has 1 atom stereocenters. The molecule has 0 aliphatic carbocycles. The Labute approximate surface area is 105 Å². The van der Waals surface area contributed by atoms with Crippen molar-refractivity contribution in [2.24, 2.45) is 5.73 Å². The van der Waals surface area contributed by atoms with Gasteiger partial charge in [-0.15, -0.1) is 22.0 Å². The van der Waals surface area contributed by atoms with Gasteiger partial charge < -0.3 is 10.2 Å². The first-order chi connectivity index (χ1) is 8.26. The highest BCUT2D eigenvalue weighted by Gasteiger charge is 2.15. The first-order valence-corrected chi connectivity index (χ1v) is 6.71. The molecule has 1 heterocycles. The molecule has 17 heavy (non-hydrogen) atoms. The number of thioether (sulfide) groups is 1. The molecule has 0 saturated heterocycles. The summed E-state index contributed by atoms with van der Waals surface area (Å²) >= 11 is 1.65. The zero-order chi connectivity index (χ0) is 12.3. The van der Waals surface area contributed by atoms with Crippen molar-refractivity contribution in [1.29, 1.82) is 0 Å². The van der Waals surface area contributed by atoms with Gasteiger partial charge in [0.2, 0.25) is 11.8 Å². The van der Waals surface area contributed by atoms with Gasteiger partial charge >= 0.3 is 0 Å². The molecule has 1 unspecified atom stereocenters. The van der Waals surface area contributed by atoms with Gasteiger partial charge in [0.15, 0.2) is 0 Å². The van der Waals surface area contributed by atoms with Crippen LogP contribution < -0.4 is 5.73 Å². The molecule has 0 fully saturated rings. The summed E-state index contributed by atoms with van der Waals surface area (Å²) in [7, 11) is 0. The third kappa shape index (κ3) is 2.50. The molecular formula is C12H15N3OS. The molecule has 0 amide bonds. The SMILES string of the molecule is CCC(N)c1nnc(-c2ccccc2SC)o1. The first kappa shape index (κ1) is 12.1. The summed E-state index contributed by atoms with van der Waals surface area (Å²) in [5, 5.41) is 8.04. The fraction of sp³-hybridized carbons (Fsp3) is 0.333. The van der Waals surface area contributed by atoms with Gasteiger partial charge in [-0.25, -0.2) is 0 Å². The van der Waals surface area contributed by atoms with Gasteiger partial charge in [-0.05, 0) is 24.8 Å². The maximum absolute atomic E-state index is 5.85. The minimum Gasteiger partial charge on any atom is -0.419 e. The Kier molecular flexibility index (Phi) is 3.81. The number of benzene rings is 1. The Hall–Kier alpha value is -1.33. The highest BCUT2D eigenvalue weighted by atomic mass is 32.2. The smallest absolute Gasteiger partial charge is 0.248 e. The van der Waals surface area contributed by atoms with E-state index in [1.165, 1.54) is 0 Å². The van der Waals surface area contributed by atoms with Crippen LogP contribution in [-0.4, -0.2) is 16.5 Å². The van der Waals surface area contributed by atoms with Crippen LogP contribution in [0.25, 0.3) is 11.5 Å². The van der Waals surface area contributed by atoms with Crippen LogP contribution in [0.5, 0.6) is 0 Å². The van der Waals surface area contributed by atoms with E-state index < -0.39 is 0 Å². The van der Waals surface area contributed by atoms with E-state index in [2.05, 4.69) is 10.2 Å². The maximum atomic E-state index is 5.85. The second-order valence-corrected chi connectivity index (χ2v) is 4.51. The van der Waals surface area contributed by atoms with E-state index in [9.17, 15) is 0 Å². The lowest BCUT2D eigenvalue weighted by molar-refractivity contribution is 0.452. The van der Waals surface area contributed by atoms with Crippen LogP contribution in [0.4, 0.5) is 0 Å². The van der Waals surface area contributed by atoms with Gasteiger partial charge in [-0.3, -0.25) is 0 Å². The van der Waals surface area contributed by atoms with Gasteiger partial charge in [-0.1, -0.05) is 19.1 Å². The molecule has 1 aromatic heterocycles. The topological polar surface area (TPSA) is 64.9 Å². The monoisotopic (exact) mass is 249 g/mol. The van der Waals surface area contributed by atoms with Crippen LogP contribution in [-0.2, 0) is 0 Å². The fourth-order valence-electron chi connectivity index (χ4n) is 1.49. The average molecular weight is 249 g/mol. The van der Waals surface area contributed by atoms with E-state index in [0.29, 0.717) is 11.8 Å². The Bertz CT molecular complexity index is 498. The summed E-state index contributed by atoms with van der Waals surface area (Å²) in [6.45, 7) is 1.99. The van der Waals surface area contributed by atoms with Crippen molar-refractivity contribution in [1.82, 2.24) is 10.2 Å². The maximum Gasteiger partial charge on any atom is 0.248 e. The molecule has 90 valence electrons. The summed E-state index contributed by atoms with van der Waals surface area (Å²) in [4.78, 5) is 1.12. The lowest BCUT2D eigenvalue weighted by atomic mass is 10.2. The summed E-state index contributed by atoms with van der Waals surface area (Å²) in [6.07, 6.45) is 2.81. The molecule has 0 bridgehead atoms. The molecule has 4 nitrogen and oxygen atoms in total. The largest absolute Gasteiger partial charge is 0.419 e. The minimum absolute atomic E-state index is 0.183. The summed E-state index contributed by atoms with van der Waals surface area (Å²) in [5.74, 6) is 1.03. The number of nitrogens with two attached hydrogens (primary N) is 1. The third-order valence-corrected chi connectivity index (χ3v) is 3.33. The van der Waals surface area contributed by atoms with Crippen molar-refractivity contribution in [3.63, 3.8) is 0 Å². The Balaban J connectivity index is 2.37. The van der Waals surface area contributed by atoms with Gasteiger partial charge in [-0.2, -0.15) is 0 Å². The Morgan fingerprint density at radius 1 is 1.35 bits per heavy atom. The number of rotatable bonds is 4. The van der Waals surface area contributed by atoms with Crippen LogP contribution in [0.3, 0.4) is 0 Å². The van der Waals surface area contributed by atoms with E-state index in [1.54, 1.807) is 11.8 Å². The van der Waals surface area contributed by atoms with Crippen molar-refractivity contribution in [2.75, 3.05) is 6.26 Å². The minimum atomic E-state index is -0.183. The first-order valence-electron chi connectivity index (χ1n) is 5.48. The van der Waals surface area contributed by atoms with Crippen molar-refractivity contribution >= 4 is 11.8 Å². The van der Waals surface area contributed by atoms with E-state index in [-0.39, 0.29) is 6.04 Å². The molecule has 2 rings (SSSR count). The molecule has 0 saturated carbocycles. The van der Waals surface area contributed by atoms with Crippen LogP contribution in [0.1, 0.15) is 25.3 Å². The van der Waals surface area contributed by atoms with Crippen LogP contribution in [0.15, 0.2) is 33.6 Å². The predicted octanol–water partition coefficient (Wildman–Crippen LogP) is 2.87. The zero-order valence-electron chi connectivity index (χ0n) is 9.88. The third-order valence-electron chi connectivity index (χ3n) is 2.54. The van der Waals surface area contributed by atoms with Crippen LogP contribution in [0, 0.1) is 0 Å². The second-order valence-electron chi connectivity index (χ2n) is 3.66. The summed E-state index contributed by atoms with van der Waals surface area (Å²) < 4.78 is 5.60. The average Bonchev–Trinajstić information content (AvgIpc) is 2.87. The Morgan fingerprint density at radius 2 is 2.12 bits per heavy atom. The Morgan fingerprint density at radius 3 is 2.82 bits per heavy atom. The quantitative estimate of drug-likeness (QED) is 0.844. The molecule has 0 spiro atoms.